The third-order valence-electron chi connectivity index (χ3n) is 3.68. The van der Waals surface area contributed by atoms with Crippen molar-refractivity contribution in [3.8, 4) is 18.0 Å². The third kappa shape index (κ3) is 4.85. The van der Waals surface area contributed by atoms with Crippen LogP contribution in [0.3, 0.4) is 0 Å². The fourth-order valence-corrected chi connectivity index (χ4v) is 2.50. The number of terminal acetylenes is 1. The predicted molar refractivity (Wildman–Crippen MR) is 96.6 cm³/mol. The van der Waals surface area contributed by atoms with Crippen LogP contribution in [0.4, 0.5) is 0 Å². The fourth-order valence-electron chi connectivity index (χ4n) is 2.38. The molecule has 130 valence electrons. The van der Waals surface area contributed by atoms with E-state index in [1.807, 2.05) is 26.0 Å². The van der Waals surface area contributed by atoms with E-state index in [2.05, 4.69) is 21.7 Å². The van der Waals surface area contributed by atoms with Gasteiger partial charge < -0.3 is 10.6 Å². The number of carbonyl (C=O) groups is 2. The molecule has 0 fully saturated rings. The molecule has 0 aliphatic carbocycles. The molecule has 0 aliphatic rings. The van der Waals surface area contributed by atoms with E-state index in [1.54, 1.807) is 16.8 Å². The van der Waals surface area contributed by atoms with Crippen LogP contribution in [0.2, 0.25) is 5.02 Å². The number of benzene rings is 1. The number of carbonyl (C=O) groups excluding carboxylic acids is 2. The Bertz CT molecular complexity index is 819. The molecule has 0 radical (unpaired) electrons. The molecule has 0 aliphatic heterocycles. The van der Waals surface area contributed by atoms with Gasteiger partial charge in [0, 0.05) is 16.3 Å². The minimum absolute atomic E-state index is 0.107. The maximum atomic E-state index is 12.1. The molecule has 2 N–H and O–H groups in total. The van der Waals surface area contributed by atoms with Crippen molar-refractivity contribution in [2.24, 2.45) is 0 Å². The Morgan fingerprint density at radius 3 is 2.52 bits per heavy atom. The van der Waals surface area contributed by atoms with E-state index in [-0.39, 0.29) is 31.3 Å². The Kier molecular flexibility index (Phi) is 6.20. The molecule has 6 nitrogen and oxygen atoms in total. The van der Waals surface area contributed by atoms with Crippen molar-refractivity contribution in [1.29, 1.82) is 0 Å². The van der Waals surface area contributed by atoms with E-state index in [0.717, 1.165) is 22.6 Å². The number of halogens is 1. The first-order chi connectivity index (χ1) is 11.9. The molecule has 7 heteroatoms. The van der Waals surface area contributed by atoms with Crippen LogP contribution in [0.1, 0.15) is 17.0 Å². The van der Waals surface area contributed by atoms with Gasteiger partial charge in [-0.15, -0.1) is 6.42 Å². The molecule has 0 unspecified atom stereocenters. The van der Waals surface area contributed by atoms with Gasteiger partial charge in [0.15, 0.2) is 0 Å². The summed E-state index contributed by atoms with van der Waals surface area (Å²) in [5.41, 5.74) is 3.33. The third-order valence-corrected chi connectivity index (χ3v) is 3.94. The summed E-state index contributed by atoms with van der Waals surface area (Å²) in [6.07, 6.45) is 5.20. The molecule has 2 amide bonds. The summed E-state index contributed by atoms with van der Waals surface area (Å²) in [6.45, 7) is 3.78. The van der Waals surface area contributed by atoms with Crippen molar-refractivity contribution >= 4 is 23.4 Å². The lowest BCUT2D eigenvalue weighted by Crippen LogP contribution is -2.37. The Morgan fingerprint density at radius 1 is 1.20 bits per heavy atom. The van der Waals surface area contributed by atoms with Gasteiger partial charge in [-0.1, -0.05) is 17.5 Å². The Hall–Kier alpha value is -2.78. The lowest BCUT2D eigenvalue weighted by molar-refractivity contribution is -0.125. The van der Waals surface area contributed by atoms with Crippen molar-refractivity contribution < 1.29 is 9.59 Å². The van der Waals surface area contributed by atoms with Crippen molar-refractivity contribution in [3.63, 3.8) is 0 Å². The van der Waals surface area contributed by atoms with E-state index < -0.39 is 0 Å². The van der Waals surface area contributed by atoms with Crippen LogP contribution in [0, 0.1) is 26.2 Å². The minimum Gasteiger partial charge on any atom is -0.347 e. The summed E-state index contributed by atoms with van der Waals surface area (Å²) in [5.74, 6) is 1.72. The van der Waals surface area contributed by atoms with Crippen molar-refractivity contribution in [2.75, 3.05) is 13.1 Å². The van der Waals surface area contributed by atoms with E-state index in [9.17, 15) is 9.59 Å². The van der Waals surface area contributed by atoms with Gasteiger partial charge in [-0.05, 0) is 38.1 Å². The second kappa shape index (κ2) is 8.36. The number of rotatable bonds is 6. The van der Waals surface area contributed by atoms with Gasteiger partial charge in [0.2, 0.25) is 11.8 Å². The van der Waals surface area contributed by atoms with Gasteiger partial charge in [0.25, 0.3) is 0 Å². The second-order valence-corrected chi connectivity index (χ2v) is 5.91. The van der Waals surface area contributed by atoms with Crippen LogP contribution in [-0.2, 0) is 16.0 Å². The molecule has 2 rings (SSSR count). The molecule has 2 aromatic rings. The van der Waals surface area contributed by atoms with Crippen LogP contribution in [-0.4, -0.2) is 34.7 Å². The first-order valence-electron chi connectivity index (χ1n) is 7.70. The zero-order valence-electron chi connectivity index (χ0n) is 14.1. The van der Waals surface area contributed by atoms with E-state index in [1.165, 1.54) is 0 Å². The average molecular weight is 359 g/mol. The SMILES string of the molecule is C#CCNC(=O)CNC(=O)Cc1c(C)nn(-c2ccc(Cl)cc2)c1C. The van der Waals surface area contributed by atoms with Gasteiger partial charge in [-0.3, -0.25) is 9.59 Å². The van der Waals surface area contributed by atoms with E-state index in [0.29, 0.717) is 5.02 Å². The number of aromatic nitrogens is 2. The molecule has 0 spiro atoms. The Labute approximate surface area is 151 Å². The molecular weight excluding hydrogens is 340 g/mol. The topological polar surface area (TPSA) is 76.0 Å². The highest BCUT2D eigenvalue weighted by molar-refractivity contribution is 6.30. The standard InChI is InChI=1S/C18H19ClN4O2/c1-4-9-20-18(25)11-21-17(24)10-16-12(2)22-23(13(16)3)15-7-5-14(19)6-8-15/h1,5-8H,9-11H2,2-3H3,(H,20,25)(H,21,24). The number of nitrogens with one attached hydrogen (secondary N) is 2. The summed E-state index contributed by atoms with van der Waals surface area (Å²) in [4.78, 5) is 23.6. The summed E-state index contributed by atoms with van der Waals surface area (Å²) in [5, 5.41) is 10.2. The molecule has 0 bridgehead atoms. The van der Waals surface area contributed by atoms with Crippen molar-refractivity contribution in [2.45, 2.75) is 20.3 Å². The van der Waals surface area contributed by atoms with Crippen LogP contribution in [0.25, 0.3) is 5.69 Å². The Balaban J connectivity index is 2.05. The fraction of sp³-hybridized carbons (Fsp3) is 0.278. The monoisotopic (exact) mass is 358 g/mol. The summed E-state index contributed by atoms with van der Waals surface area (Å²) < 4.78 is 1.77. The summed E-state index contributed by atoms with van der Waals surface area (Å²) >= 11 is 5.91. The van der Waals surface area contributed by atoms with Crippen LogP contribution in [0.15, 0.2) is 24.3 Å². The largest absolute Gasteiger partial charge is 0.347 e. The highest BCUT2D eigenvalue weighted by Crippen LogP contribution is 2.20. The zero-order valence-corrected chi connectivity index (χ0v) is 14.9. The first kappa shape index (κ1) is 18.6. The number of aryl methyl sites for hydroxylation is 1. The molecule has 1 heterocycles. The molecule has 25 heavy (non-hydrogen) atoms. The maximum Gasteiger partial charge on any atom is 0.240 e. The maximum absolute atomic E-state index is 12.1. The predicted octanol–water partition coefficient (Wildman–Crippen LogP) is 1.55. The minimum atomic E-state index is -0.323. The molecule has 1 aromatic carbocycles. The van der Waals surface area contributed by atoms with Crippen molar-refractivity contribution in [3.05, 3.63) is 46.2 Å². The van der Waals surface area contributed by atoms with Gasteiger partial charge in [-0.25, -0.2) is 4.68 Å². The van der Waals surface area contributed by atoms with E-state index in [4.69, 9.17) is 18.0 Å². The number of hydrogen-bond donors (Lipinski definition) is 2. The van der Waals surface area contributed by atoms with Crippen LogP contribution < -0.4 is 10.6 Å². The summed E-state index contributed by atoms with van der Waals surface area (Å²) in [6, 6.07) is 7.30. The van der Waals surface area contributed by atoms with Crippen LogP contribution >= 0.6 is 11.6 Å². The smallest absolute Gasteiger partial charge is 0.240 e. The van der Waals surface area contributed by atoms with E-state index >= 15 is 0 Å². The number of hydrogen-bond acceptors (Lipinski definition) is 3. The molecule has 0 saturated heterocycles. The molecule has 0 saturated carbocycles. The number of nitrogens with zero attached hydrogens (tertiary/aromatic N) is 2. The first-order valence-corrected chi connectivity index (χ1v) is 8.08. The molecular formula is C18H19ClN4O2. The normalized spacial score (nSPS) is 10.2. The highest BCUT2D eigenvalue weighted by Gasteiger charge is 2.16. The van der Waals surface area contributed by atoms with Gasteiger partial charge in [-0.2, -0.15) is 5.10 Å². The van der Waals surface area contributed by atoms with Gasteiger partial charge in [0.05, 0.1) is 30.9 Å². The molecule has 1 aromatic heterocycles. The quantitative estimate of drug-likeness (QED) is 0.769. The molecule has 0 atom stereocenters. The highest BCUT2D eigenvalue weighted by atomic mass is 35.5. The van der Waals surface area contributed by atoms with Crippen LogP contribution in [0.5, 0.6) is 0 Å². The Morgan fingerprint density at radius 2 is 1.88 bits per heavy atom. The van der Waals surface area contributed by atoms with Gasteiger partial charge in [0.1, 0.15) is 0 Å². The summed E-state index contributed by atoms with van der Waals surface area (Å²) in [7, 11) is 0. The zero-order chi connectivity index (χ0) is 18.4. The lowest BCUT2D eigenvalue weighted by atomic mass is 10.1. The lowest BCUT2D eigenvalue weighted by Gasteiger charge is -2.07. The van der Waals surface area contributed by atoms with Crippen molar-refractivity contribution in [1.82, 2.24) is 20.4 Å². The number of amides is 2. The van der Waals surface area contributed by atoms with Gasteiger partial charge >= 0.3 is 0 Å². The average Bonchev–Trinajstić information content (AvgIpc) is 2.87. The second-order valence-electron chi connectivity index (χ2n) is 5.47.